The zero-order chi connectivity index (χ0) is 28.7. The van der Waals surface area contributed by atoms with Gasteiger partial charge in [0.15, 0.2) is 0 Å². The molecule has 2 N–H and O–H groups in total. The first kappa shape index (κ1) is 29.3. The molecule has 0 radical (unpaired) electrons. The van der Waals surface area contributed by atoms with Crippen LogP contribution in [0.4, 0.5) is 0 Å². The van der Waals surface area contributed by atoms with Crippen LogP contribution in [0.5, 0.6) is 0 Å². The van der Waals surface area contributed by atoms with Gasteiger partial charge in [0.1, 0.15) is 3.55 Å². The Balaban J connectivity index is 1.31. The monoisotopic (exact) mass is 674 g/mol. The highest BCUT2D eigenvalue weighted by molar-refractivity contribution is 14.1. The molecule has 2 aliphatic rings. The first-order valence-electron chi connectivity index (χ1n) is 13.9. The molecular weight excluding hydrogens is 635 g/mol. The van der Waals surface area contributed by atoms with Crippen LogP contribution in [0, 0.1) is 6.92 Å². The molecule has 2 aromatic carbocycles. The minimum absolute atomic E-state index is 0.0242. The molecule has 0 bridgehead atoms. The zero-order valence-electron chi connectivity index (χ0n) is 23.7. The summed E-state index contributed by atoms with van der Waals surface area (Å²) in [5.41, 5.74) is 5.79. The lowest BCUT2D eigenvalue weighted by Crippen LogP contribution is -2.53. The summed E-state index contributed by atoms with van der Waals surface area (Å²) in [5, 5.41) is 6.80. The summed E-state index contributed by atoms with van der Waals surface area (Å²) in [6, 6.07) is 17.5. The fraction of sp³-hybridized carbons (Fsp3) is 0.452. The highest BCUT2D eigenvalue weighted by Gasteiger charge is 2.49. The summed E-state index contributed by atoms with van der Waals surface area (Å²) < 4.78 is 30.3. The topological polar surface area (TPSA) is 83.4 Å². The van der Waals surface area contributed by atoms with Crippen molar-refractivity contribution in [3.8, 4) is 0 Å². The second-order valence-electron chi connectivity index (χ2n) is 12.1. The number of alkyl halides is 1. The van der Waals surface area contributed by atoms with Gasteiger partial charge < -0.3 is 15.2 Å². The summed E-state index contributed by atoms with van der Waals surface area (Å²) in [6.45, 7) is 10.1. The van der Waals surface area contributed by atoms with Gasteiger partial charge in [0.05, 0.1) is 11.3 Å². The third kappa shape index (κ3) is 6.17. The van der Waals surface area contributed by atoms with Gasteiger partial charge in [-0.25, -0.2) is 8.42 Å². The van der Waals surface area contributed by atoms with Gasteiger partial charge in [-0.3, -0.25) is 4.79 Å². The highest BCUT2D eigenvalue weighted by Crippen LogP contribution is 2.45. The third-order valence-electron chi connectivity index (χ3n) is 7.85. The molecule has 0 spiro atoms. The number of carbonyl (C=O) groups excluding carboxylic acids is 1. The quantitative estimate of drug-likeness (QED) is 0.209. The van der Waals surface area contributed by atoms with Crippen molar-refractivity contribution in [2.24, 2.45) is 0 Å². The number of benzene rings is 2. The Morgan fingerprint density at radius 2 is 1.82 bits per heavy atom. The molecule has 2 heterocycles. The highest BCUT2D eigenvalue weighted by atomic mass is 127. The Morgan fingerprint density at radius 3 is 2.55 bits per heavy atom. The van der Waals surface area contributed by atoms with Gasteiger partial charge in [0.2, 0.25) is 15.9 Å². The SMILES string of the molecule is Cc1ccc(S(=O)(=O)N2CCn3cccc3C2(I)CC(=O)NC2CCc3cc(CNC(C)(C)C)ccc3C2)cc1. The Labute approximate surface area is 251 Å². The molecular formula is C31H39IN4O3S. The number of hydrogen-bond acceptors (Lipinski definition) is 4. The van der Waals surface area contributed by atoms with E-state index in [1.165, 1.54) is 21.0 Å². The van der Waals surface area contributed by atoms with Crippen LogP contribution >= 0.6 is 22.6 Å². The second kappa shape index (κ2) is 11.2. The van der Waals surface area contributed by atoms with Gasteiger partial charge in [-0.2, -0.15) is 4.31 Å². The van der Waals surface area contributed by atoms with Crippen LogP contribution in [0.1, 0.15) is 61.6 Å². The minimum atomic E-state index is -3.82. The first-order valence-corrected chi connectivity index (χ1v) is 16.5. The van der Waals surface area contributed by atoms with Crippen molar-refractivity contribution in [1.29, 1.82) is 0 Å². The molecule has 0 fully saturated rings. The van der Waals surface area contributed by atoms with Crippen molar-refractivity contribution in [3.05, 3.63) is 88.7 Å². The van der Waals surface area contributed by atoms with Crippen molar-refractivity contribution in [2.75, 3.05) is 6.54 Å². The summed E-state index contributed by atoms with van der Waals surface area (Å²) >= 11 is 2.18. The van der Waals surface area contributed by atoms with Crippen molar-refractivity contribution >= 4 is 38.5 Å². The van der Waals surface area contributed by atoms with Crippen molar-refractivity contribution in [3.63, 3.8) is 0 Å². The molecule has 1 aromatic heterocycles. The normalized spacial score (nSPS) is 21.5. The van der Waals surface area contributed by atoms with Gasteiger partial charge in [-0.1, -0.05) is 58.5 Å². The molecule has 0 saturated heterocycles. The lowest BCUT2D eigenvalue weighted by molar-refractivity contribution is -0.123. The van der Waals surface area contributed by atoms with E-state index in [1.807, 2.05) is 37.4 Å². The predicted molar refractivity (Wildman–Crippen MR) is 167 cm³/mol. The van der Waals surface area contributed by atoms with E-state index in [0.717, 1.165) is 37.1 Å². The van der Waals surface area contributed by atoms with E-state index >= 15 is 0 Å². The van der Waals surface area contributed by atoms with E-state index in [2.05, 4.69) is 76.8 Å². The Hall–Kier alpha value is -2.21. The molecule has 0 saturated carbocycles. The smallest absolute Gasteiger partial charge is 0.244 e. The summed E-state index contributed by atoms with van der Waals surface area (Å²) in [7, 11) is -3.82. The number of aryl methyl sites for hydroxylation is 2. The number of nitrogens with one attached hydrogen (secondary N) is 2. The van der Waals surface area contributed by atoms with Crippen molar-refractivity contribution in [1.82, 2.24) is 19.5 Å². The van der Waals surface area contributed by atoms with Gasteiger partial charge in [-0.05, 0) is 87.9 Å². The number of aromatic nitrogens is 1. The third-order valence-corrected chi connectivity index (χ3v) is 11.6. The van der Waals surface area contributed by atoms with Crippen LogP contribution in [-0.4, -0.2) is 41.3 Å². The van der Waals surface area contributed by atoms with E-state index in [-0.39, 0.29) is 28.8 Å². The fourth-order valence-corrected chi connectivity index (χ4v) is 9.14. The van der Waals surface area contributed by atoms with E-state index in [9.17, 15) is 13.2 Å². The number of hydrogen-bond donors (Lipinski definition) is 2. The van der Waals surface area contributed by atoms with Crippen LogP contribution in [-0.2, 0) is 44.3 Å². The zero-order valence-corrected chi connectivity index (χ0v) is 26.7. The number of halogens is 1. The number of carbonyl (C=O) groups is 1. The standard InChI is InChI=1S/C31H39IN4O3S/c1-22-7-13-27(14-8-22)40(38,39)36-17-16-35-15-5-6-28(35)31(36,32)20-29(37)34-26-12-11-24-18-23(9-10-25(24)19-26)21-33-30(2,3)4/h5-10,13-15,18,26,33H,11-12,16-17,19-21H2,1-4H3,(H,34,37). The van der Waals surface area contributed by atoms with Gasteiger partial charge in [0, 0.05) is 43.1 Å². The molecule has 2 atom stereocenters. The first-order chi connectivity index (χ1) is 18.8. The fourth-order valence-electron chi connectivity index (χ4n) is 5.69. The van der Waals surface area contributed by atoms with Crippen molar-refractivity contribution in [2.45, 2.75) is 86.5 Å². The molecule has 214 valence electrons. The molecule has 3 aromatic rings. The maximum absolute atomic E-state index is 13.9. The summed E-state index contributed by atoms with van der Waals surface area (Å²) in [6.07, 6.45) is 4.56. The number of nitrogens with zero attached hydrogens (tertiary/aromatic N) is 2. The van der Waals surface area contributed by atoms with Crippen molar-refractivity contribution < 1.29 is 13.2 Å². The molecule has 9 heteroatoms. The van der Waals surface area contributed by atoms with Crippen LogP contribution in [0.25, 0.3) is 0 Å². The largest absolute Gasteiger partial charge is 0.353 e. The van der Waals surface area contributed by atoms with E-state index in [0.29, 0.717) is 13.1 Å². The Bertz CT molecular complexity index is 1490. The molecule has 1 amide bonds. The van der Waals surface area contributed by atoms with Crippen LogP contribution in [0.2, 0.25) is 0 Å². The lowest BCUT2D eigenvalue weighted by atomic mass is 9.87. The lowest BCUT2D eigenvalue weighted by Gasteiger charge is -2.42. The molecule has 7 nitrogen and oxygen atoms in total. The van der Waals surface area contributed by atoms with Crippen LogP contribution in [0.15, 0.2) is 65.7 Å². The summed E-state index contributed by atoms with van der Waals surface area (Å²) in [4.78, 5) is 13.8. The Morgan fingerprint density at radius 1 is 1.07 bits per heavy atom. The molecule has 1 aliphatic carbocycles. The van der Waals surface area contributed by atoms with Crippen LogP contribution in [0.3, 0.4) is 0 Å². The van der Waals surface area contributed by atoms with Gasteiger partial charge >= 0.3 is 0 Å². The summed E-state index contributed by atoms with van der Waals surface area (Å²) in [5.74, 6) is -0.132. The predicted octanol–water partition coefficient (Wildman–Crippen LogP) is 5.04. The second-order valence-corrected chi connectivity index (χ2v) is 15.8. The maximum atomic E-state index is 13.9. The van der Waals surface area contributed by atoms with Gasteiger partial charge in [0.25, 0.3) is 0 Å². The minimum Gasteiger partial charge on any atom is -0.353 e. The molecule has 1 aliphatic heterocycles. The average Bonchev–Trinajstić information content (AvgIpc) is 3.37. The van der Waals surface area contributed by atoms with E-state index in [1.54, 1.807) is 12.1 Å². The Kier molecular flexibility index (Phi) is 8.22. The number of amides is 1. The number of fused-ring (bicyclic) bond motifs is 2. The van der Waals surface area contributed by atoms with Crippen LogP contribution < -0.4 is 10.6 Å². The van der Waals surface area contributed by atoms with E-state index < -0.39 is 13.6 Å². The number of rotatable bonds is 7. The molecule has 2 unspecified atom stereocenters. The molecule has 5 rings (SSSR count). The van der Waals surface area contributed by atoms with E-state index in [4.69, 9.17) is 0 Å². The van der Waals surface area contributed by atoms with Gasteiger partial charge in [-0.15, -0.1) is 0 Å². The molecule has 40 heavy (non-hydrogen) atoms. The maximum Gasteiger partial charge on any atom is 0.244 e. The average molecular weight is 675 g/mol. The number of sulfonamides is 1.